The quantitative estimate of drug-likeness (QED) is 0.670. The minimum atomic E-state index is -1.44. The SMILES string of the molecule is Nc1cncc(C(Cl)(Cl)Cl)c1. The van der Waals surface area contributed by atoms with Crippen LogP contribution >= 0.6 is 34.8 Å². The van der Waals surface area contributed by atoms with Crippen molar-refractivity contribution < 1.29 is 0 Å². The number of rotatable bonds is 0. The number of hydrogen-bond donors (Lipinski definition) is 1. The van der Waals surface area contributed by atoms with E-state index >= 15 is 0 Å². The molecule has 0 fully saturated rings. The lowest BCUT2D eigenvalue weighted by Gasteiger charge is -2.09. The van der Waals surface area contributed by atoms with Gasteiger partial charge in [0.1, 0.15) is 0 Å². The first-order valence-electron chi connectivity index (χ1n) is 2.78. The van der Waals surface area contributed by atoms with Gasteiger partial charge in [-0.05, 0) is 6.07 Å². The van der Waals surface area contributed by atoms with Crippen molar-refractivity contribution in [1.29, 1.82) is 0 Å². The standard InChI is InChI=1S/C6H5Cl3N2/c7-6(8,9)4-1-5(10)3-11-2-4/h1-3H,10H2. The maximum absolute atomic E-state index is 5.57. The van der Waals surface area contributed by atoms with Crippen LogP contribution in [0.4, 0.5) is 5.69 Å². The highest BCUT2D eigenvalue weighted by atomic mass is 35.6. The van der Waals surface area contributed by atoms with E-state index in [2.05, 4.69) is 4.98 Å². The Morgan fingerprint density at radius 2 is 1.91 bits per heavy atom. The summed E-state index contributed by atoms with van der Waals surface area (Å²) in [6, 6.07) is 1.57. The maximum Gasteiger partial charge on any atom is 0.217 e. The van der Waals surface area contributed by atoms with Crippen molar-refractivity contribution in [1.82, 2.24) is 4.98 Å². The van der Waals surface area contributed by atoms with Gasteiger partial charge in [0.2, 0.25) is 3.79 Å². The molecular formula is C6H5Cl3N2. The monoisotopic (exact) mass is 210 g/mol. The highest BCUT2D eigenvalue weighted by Gasteiger charge is 2.22. The Morgan fingerprint density at radius 3 is 2.27 bits per heavy atom. The average Bonchev–Trinajstić information content (AvgIpc) is 1.86. The molecule has 0 saturated carbocycles. The van der Waals surface area contributed by atoms with E-state index in [4.69, 9.17) is 40.5 Å². The van der Waals surface area contributed by atoms with Crippen LogP contribution in [0.2, 0.25) is 0 Å². The van der Waals surface area contributed by atoms with Gasteiger partial charge in [-0.2, -0.15) is 0 Å². The molecule has 0 aliphatic rings. The number of anilines is 1. The van der Waals surface area contributed by atoms with Gasteiger partial charge in [-0.25, -0.2) is 0 Å². The number of aromatic nitrogens is 1. The molecule has 1 rings (SSSR count). The first kappa shape index (κ1) is 8.91. The second-order valence-electron chi connectivity index (χ2n) is 2.00. The van der Waals surface area contributed by atoms with Crippen LogP contribution in [0.15, 0.2) is 18.5 Å². The van der Waals surface area contributed by atoms with Crippen LogP contribution in [0.1, 0.15) is 5.56 Å². The summed E-state index contributed by atoms with van der Waals surface area (Å²) in [7, 11) is 0. The van der Waals surface area contributed by atoms with Crippen LogP contribution in [0, 0.1) is 0 Å². The number of nitrogens with two attached hydrogens (primary N) is 1. The van der Waals surface area contributed by atoms with Gasteiger partial charge < -0.3 is 5.73 Å². The molecule has 0 amide bonds. The van der Waals surface area contributed by atoms with Gasteiger partial charge in [0.25, 0.3) is 0 Å². The lowest BCUT2D eigenvalue weighted by atomic mass is 10.3. The van der Waals surface area contributed by atoms with Crippen LogP contribution in [0.5, 0.6) is 0 Å². The molecule has 0 spiro atoms. The van der Waals surface area contributed by atoms with Crippen molar-refractivity contribution >= 4 is 40.5 Å². The van der Waals surface area contributed by atoms with Gasteiger partial charge in [0, 0.05) is 18.0 Å². The normalized spacial score (nSPS) is 11.5. The molecule has 1 aromatic rings. The molecule has 11 heavy (non-hydrogen) atoms. The molecule has 1 heterocycles. The minimum Gasteiger partial charge on any atom is -0.397 e. The molecule has 5 heteroatoms. The summed E-state index contributed by atoms with van der Waals surface area (Å²) in [5.41, 5.74) is 6.37. The Labute approximate surface area is 79.3 Å². The molecule has 1 aromatic heterocycles. The fourth-order valence-electron chi connectivity index (χ4n) is 0.613. The van der Waals surface area contributed by atoms with Gasteiger partial charge in [-0.15, -0.1) is 0 Å². The molecular weight excluding hydrogens is 206 g/mol. The number of halogens is 3. The van der Waals surface area contributed by atoms with Gasteiger partial charge in [-0.1, -0.05) is 34.8 Å². The fraction of sp³-hybridized carbons (Fsp3) is 0.167. The van der Waals surface area contributed by atoms with Crippen molar-refractivity contribution in [2.45, 2.75) is 3.79 Å². The molecule has 60 valence electrons. The number of pyridine rings is 1. The predicted octanol–water partition coefficient (Wildman–Crippen LogP) is 2.49. The third-order valence-electron chi connectivity index (χ3n) is 1.09. The Kier molecular flexibility index (Phi) is 2.47. The van der Waals surface area contributed by atoms with Crippen LogP contribution < -0.4 is 5.73 Å². The molecule has 0 aromatic carbocycles. The van der Waals surface area contributed by atoms with E-state index in [0.717, 1.165) is 0 Å². The zero-order valence-corrected chi connectivity index (χ0v) is 7.66. The van der Waals surface area contributed by atoms with Crippen LogP contribution in [0.3, 0.4) is 0 Å². The molecule has 0 atom stereocenters. The van der Waals surface area contributed by atoms with Gasteiger partial charge in [-0.3, -0.25) is 4.98 Å². The highest BCUT2D eigenvalue weighted by molar-refractivity contribution is 6.66. The third kappa shape index (κ3) is 2.40. The molecule has 0 bridgehead atoms. The minimum absolute atomic E-state index is 0.475. The lowest BCUT2D eigenvalue weighted by molar-refractivity contribution is 1.17. The summed E-state index contributed by atoms with van der Waals surface area (Å²) in [5.74, 6) is 0. The van der Waals surface area contributed by atoms with Crippen LogP contribution in [-0.2, 0) is 3.79 Å². The maximum atomic E-state index is 5.57. The predicted molar refractivity (Wildman–Crippen MR) is 47.9 cm³/mol. The number of nitrogen functional groups attached to an aromatic ring is 1. The third-order valence-corrected chi connectivity index (χ3v) is 1.74. The van der Waals surface area contributed by atoms with Gasteiger partial charge in [0.15, 0.2) is 0 Å². The summed E-state index contributed by atoms with van der Waals surface area (Å²) in [6.45, 7) is 0. The van der Waals surface area contributed by atoms with E-state index < -0.39 is 3.79 Å². The molecule has 0 saturated heterocycles. The molecule has 2 nitrogen and oxygen atoms in total. The Morgan fingerprint density at radius 1 is 1.27 bits per heavy atom. The summed E-state index contributed by atoms with van der Waals surface area (Å²) in [4.78, 5) is 3.77. The average molecular weight is 211 g/mol. The summed E-state index contributed by atoms with van der Waals surface area (Å²) >= 11 is 16.7. The van der Waals surface area contributed by atoms with E-state index in [1.54, 1.807) is 6.07 Å². The Bertz CT molecular complexity index is 256. The van der Waals surface area contributed by atoms with Crippen molar-refractivity contribution in [2.24, 2.45) is 0 Å². The van der Waals surface area contributed by atoms with Gasteiger partial charge >= 0.3 is 0 Å². The number of nitrogens with zero attached hydrogens (tertiary/aromatic N) is 1. The zero-order valence-electron chi connectivity index (χ0n) is 5.39. The van der Waals surface area contributed by atoms with E-state index in [-0.39, 0.29) is 0 Å². The van der Waals surface area contributed by atoms with Crippen molar-refractivity contribution in [3.63, 3.8) is 0 Å². The van der Waals surface area contributed by atoms with Crippen molar-refractivity contribution in [2.75, 3.05) is 5.73 Å². The summed E-state index contributed by atoms with van der Waals surface area (Å²) < 4.78 is -1.44. The van der Waals surface area contributed by atoms with E-state index in [1.807, 2.05) is 0 Å². The smallest absolute Gasteiger partial charge is 0.217 e. The van der Waals surface area contributed by atoms with E-state index in [9.17, 15) is 0 Å². The summed E-state index contributed by atoms with van der Waals surface area (Å²) in [5, 5.41) is 0. The number of hydrogen-bond acceptors (Lipinski definition) is 2. The summed E-state index contributed by atoms with van der Waals surface area (Å²) in [6.07, 6.45) is 2.95. The Balaban J connectivity index is 3.06. The fourth-order valence-corrected chi connectivity index (χ4v) is 0.923. The van der Waals surface area contributed by atoms with Crippen LogP contribution in [-0.4, -0.2) is 4.98 Å². The van der Waals surface area contributed by atoms with E-state index in [0.29, 0.717) is 11.3 Å². The second kappa shape index (κ2) is 3.05. The topological polar surface area (TPSA) is 38.9 Å². The largest absolute Gasteiger partial charge is 0.397 e. The molecule has 0 unspecified atom stereocenters. The Hall–Kier alpha value is -0.180. The van der Waals surface area contributed by atoms with E-state index in [1.165, 1.54) is 12.4 Å². The second-order valence-corrected chi connectivity index (χ2v) is 4.29. The highest BCUT2D eigenvalue weighted by Crippen LogP contribution is 2.38. The van der Waals surface area contributed by atoms with Crippen LogP contribution in [0.25, 0.3) is 0 Å². The van der Waals surface area contributed by atoms with Gasteiger partial charge in [0.05, 0.1) is 5.69 Å². The first-order chi connectivity index (χ1) is 5.00. The lowest BCUT2D eigenvalue weighted by Crippen LogP contribution is -2.01. The molecule has 0 aliphatic carbocycles. The molecule has 2 N–H and O–H groups in total. The number of alkyl halides is 3. The zero-order chi connectivity index (χ0) is 8.48. The first-order valence-corrected chi connectivity index (χ1v) is 3.91. The van der Waals surface area contributed by atoms with Crippen molar-refractivity contribution in [3.8, 4) is 0 Å². The molecule has 0 radical (unpaired) electrons. The molecule has 0 aliphatic heterocycles. The van der Waals surface area contributed by atoms with Crippen molar-refractivity contribution in [3.05, 3.63) is 24.0 Å².